The van der Waals surface area contributed by atoms with Crippen molar-refractivity contribution in [1.82, 2.24) is 4.90 Å². The van der Waals surface area contributed by atoms with Crippen molar-refractivity contribution in [1.29, 1.82) is 0 Å². The summed E-state index contributed by atoms with van der Waals surface area (Å²) >= 11 is 13.5. The lowest BCUT2D eigenvalue weighted by atomic mass is 10.2. The fourth-order valence-corrected chi connectivity index (χ4v) is 4.17. The van der Waals surface area contributed by atoms with Crippen molar-refractivity contribution in [2.24, 2.45) is 4.99 Å². The van der Waals surface area contributed by atoms with Crippen molar-refractivity contribution in [2.45, 2.75) is 6.54 Å². The molecule has 1 aliphatic heterocycles. The Morgan fingerprint density at radius 3 is 2.28 bits per heavy atom. The SMILES string of the molecule is O=C1C(=Cc2ccc(Cl)c(Cl)c2)SC(=Nc2ccccc2)N1Cc1ccccc1. The second-order valence-corrected chi connectivity index (χ2v) is 8.21. The second-order valence-electron chi connectivity index (χ2n) is 6.39. The first kappa shape index (κ1) is 19.8. The van der Waals surface area contributed by atoms with E-state index in [-0.39, 0.29) is 5.91 Å². The Hall–Kier alpha value is -2.53. The van der Waals surface area contributed by atoms with E-state index >= 15 is 0 Å². The van der Waals surface area contributed by atoms with Gasteiger partial charge in [0.15, 0.2) is 5.17 Å². The van der Waals surface area contributed by atoms with Crippen molar-refractivity contribution in [2.75, 3.05) is 0 Å². The normalized spacial score (nSPS) is 16.8. The lowest BCUT2D eigenvalue weighted by Gasteiger charge is -2.15. The van der Waals surface area contributed by atoms with Gasteiger partial charge in [0, 0.05) is 0 Å². The summed E-state index contributed by atoms with van der Waals surface area (Å²) in [6.07, 6.45) is 1.82. The molecule has 0 bridgehead atoms. The van der Waals surface area contributed by atoms with Crippen molar-refractivity contribution in [3.8, 4) is 0 Å². The molecule has 1 saturated heterocycles. The van der Waals surface area contributed by atoms with Crippen LogP contribution >= 0.6 is 35.0 Å². The molecule has 29 heavy (non-hydrogen) atoms. The van der Waals surface area contributed by atoms with Crippen molar-refractivity contribution in [3.63, 3.8) is 0 Å². The largest absolute Gasteiger partial charge is 0.282 e. The van der Waals surface area contributed by atoms with Crippen LogP contribution < -0.4 is 0 Å². The van der Waals surface area contributed by atoms with E-state index in [1.807, 2.05) is 72.8 Å². The fourth-order valence-electron chi connectivity index (χ4n) is 2.86. The zero-order valence-electron chi connectivity index (χ0n) is 15.3. The van der Waals surface area contributed by atoms with E-state index in [9.17, 15) is 4.79 Å². The lowest BCUT2D eigenvalue weighted by Crippen LogP contribution is -2.28. The highest BCUT2D eigenvalue weighted by atomic mass is 35.5. The summed E-state index contributed by atoms with van der Waals surface area (Å²) in [6, 6.07) is 24.8. The van der Waals surface area contributed by atoms with E-state index in [0.717, 1.165) is 16.8 Å². The highest BCUT2D eigenvalue weighted by Crippen LogP contribution is 2.35. The number of carbonyl (C=O) groups excluding carboxylic acids is 1. The van der Waals surface area contributed by atoms with Crippen LogP contribution in [0.3, 0.4) is 0 Å². The zero-order valence-corrected chi connectivity index (χ0v) is 17.6. The van der Waals surface area contributed by atoms with Gasteiger partial charge in [-0.1, -0.05) is 77.8 Å². The van der Waals surface area contributed by atoms with Gasteiger partial charge in [-0.3, -0.25) is 9.69 Å². The number of carbonyl (C=O) groups is 1. The average Bonchev–Trinajstić information content (AvgIpc) is 3.01. The van der Waals surface area contributed by atoms with E-state index in [2.05, 4.69) is 0 Å². The van der Waals surface area contributed by atoms with Crippen LogP contribution in [0.5, 0.6) is 0 Å². The number of halogens is 2. The molecule has 0 saturated carbocycles. The number of benzene rings is 3. The smallest absolute Gasteiger partial charge is 0.267 e. The maximum absolute atomic E-state index is 13.2. The number of para-hydroxylation sites is 1. The minimum Gasteiger partial charge on any atom is -0.282 e. The van der Waals surface area contributed by atoms with Crippen LogP contribution in [0.4, 0.5) is 5.69 Å². The molecule has 0 radical (unpaired) electrons. The maximum Gasteiger partial charge on any atom is 0.267 e. The highest BCUT2D eigenvalue weighted by molar-refractivity contribution is 8.18. The van der Waals surface area contributed by atoms with Gasteiger partial charge in [-0.05, 0) is 53.2 Å². The summed E-state index contributed by atoms with van der Waals surface area (Å²) in [5.74, 6) is -0.0837. The fraction of sp³-hybridized carbons (Fsp3) is 0.0435. The summed E-state index contributed by atoms with van der Waals surface area (Å²) in [6.45, 7) is 0.455. The van der Waals surface area contributed by atoms with Crippen LogP contribution in [-0.4, -0.2) is 16.0 Å². The summed E-state index contributed by atoms with van der Waals surface area (Å²) in [7, 11) is 0. The molecule has 0 aliphatic carbocycles. The molecule has 1 amide bonds. The number of amides is 1. The van der Waals surface area contributed by atoms with Gasteiger partial charge >= 0.3 is 0 Å². The Kier molecular flexibility index (Phi) is 6.05. The molecule has 0 atom stereocenters. The van der Waals surface area contributed by atoms with Gasteiger partial charge in [0.2, 0.25) is 0 Å². The average molecular weight is 439 g/mol. The van der Waals surface area contributed by atoms with E-state index < -0.39 is 0 Å². The van der Waals surface area contributed by atoms with Crippen molar-refractivity contribution >= 4 is 57.8 Å². The van der Waals surface area contributed by atoms with Crippen molar-refractivity contribution in [3.05, 3.63) is 105 Å². The van der Waals surface area contributed by atoms with Gasteiger partial charge in [-0.15, -0.1) is 0 Å². The Morgan fingerprint density at radius 1 is 0.897 bits per heavy atom. The first-order chi connectivity index (χ1) is 14.1. The number of rotatable bonds is 4. The Morgan fingerprint density at radius 2 is 1.59 bits per heavy atom. The molecule has 1 aliphatic rings. The Labute approximate surface area is 183 Å². The molecular formula is C23H16Cl2N2OS. The number of hydrogen-bond donors (Lipinski definition) is 0. The van der Waals surface area contributed by atoms with Gasteiger partial charge in [0.25, 0.3) is 5.91 Å². The van der Waals surface area contributed by atoms with Crippen LogP contribution in [0, 0.1) is 0 Å². The topological polar surface area (TPSA) is 32.7 Å². The summed E-state index contributed by atoms with van der Waals surface area (Å²) in [5.41, 5.74) is 2.66. The quantitative estimate of drug-likeness (QED) is 0.419. The van der Waals surface area contributed by atoms with Gasteiger partial charge in [-0.25, -0.2) is 4.99 Å². The molecule has 1 heterocycles. The summed E-state index contributed by atoms with van der Waals surface area (Å²) in [5, 5.41) is 1.59. The van der Waals surface area contributed by atoms with Crippen LogP contribution in [-0.2, 0) is 11.3 Å². The van der Waals surface area contributed by atoms with Gasteiger partial charge < -0.3 is 0 Å². The minimum absolute atomic E-state index is 0.0837. The number of thioether (sulfide) groups is 1. The molecular weight excluding hydrogens is 423 g/mol. The molecule has 3 aromatic rings. The molecule has 0 aromatic heterocycles. The third-order valence-corrected chi connectivity index (χ3v) is 6.04. The molecule has 144 valence electrons. The van der Waals surface area contributed by atoms with E-state index in [4.69, 9.17) is 28.2 Å². The Balaban J connectivity index is 1.70. The highest BCUT2D eigenvalue weighted by Gasteiger charge is 2.33. The van der Waals surface area contributed by atoms with Crippen LogP contribution in [0.15, 0.2) is 88.8 Å². The molecule has 3 aromatic carbocycles. The molecule has 0 spiro atoms. The van der Waals surface area contributed by atoms with Crippen LogP contribution in [0.1, 0.15) is 11.1 Å². The van der Waals surface area contributed by atoms with E-state index in [0.29, 0.717) is 26.7 Å². The van der Waals surface area contributed by atoms with Crippen molar-refractivity contribution < 1.29 is 4.79 Å². The third-order valence-electron chi connectivity index (χ3n) is 4.29. The molecule has 3 nitrogen and oxygen atoms in total. The maximum atomic E-state index is 13.2. The van der Waals surface area contributed by atoms with E-state index in [1.165, 1.54) is 11.8 Å². The van der Waals surface area contributed by atoms with E-state index in [1.54, 1.807) is 17.0 Å². The van der Waals surface area contributed by atoms with Crippen LogP contribution in [0.2, 0.25) is 10.0 Å². The standard InChI is InChI=1S/C23H16Cl2N2OS/c24-19-12-11-17(13-20(19)25)14-21-22(28)27(15-16-7-3-1-4-8-16)23(29-21)26-18-9-5-2-6-10-18/h1-14H,15H2. The first-order valence-corrected chi connectivity index (χ1v) is 10.5. The third kappa shape index (κ3) is 4.73. The minimum atomic E-state index is -0.0837. The number of nitrogens with zero attached hydrogens (tertiary/aromatic N) is 2. The monoisotopic (exact) mass is 438 g/mol. The predicted octanol–water partition coefficient (Wildman–Crippen LogP) is 6.80. The zero-order chi connectivity index (χ0) is 20.2. The Bertz CT molecular complexity index is 1100. The molecule has 0 unspecified atom stereocenters. The predicted molar refractivity (Wildman–Crippen MR) is 123 cm³/mol. The molecule has 1 fully saturated rings. The summed E-state index contributed by atoms with van der Waals surface area (Å²) < 4.78 is 0. The van der Waals surface area contributed by atoms with Gasteiger partial charge in [-0.2, -0.15) is 0 Å². The molecule has 6 heteroatoms. The molecule has 0 N–H and O–H groups in total. The number of hydrogen-bond acceptors (Lipinski definition) is 3. The lowest BCUT2D eigenvalue weighted by molar-refractivity contribution is -0.122. The van der Waals surface area contributed by atoms with Crippen LogP contribution in [0.25, 0.3) is 6.08 Å². The second kappa shape index (κ2) is 8.87. The molecule has 4 rings (SSSR count). The van der Waals surface area contributed by atoms with Gasteiger partial charge in [0.05, 0.1) is 27.2 Å². The first-order valence-electron chi connectivity index (χ1n) is 8.94. The number of aliphatic imine (C=N–C) groups is 1. The number of amidine groups is 1. The van der Waals surface area contributed by atoms with Gasteiger partial charge in [0.1, 0.15) is 0 Å². The summed E-state index contributed by atoms with van der Waals surface area (Å²) in [4.78, 5) is 20.2.